The van der Waals surface area contributed by atoms with E-state index in [1.54, 1.807) is 23.9 Å². The number of hydrogen-bond acceptors (Lipinski definition) is 4. The molecule has 0 bridgehead atoms. The van der Waals surface area contributed by atoms with Crippen molar-refractivity contribution in [3.8, 4) is 0 Å². The lowest BCUT2D eigenvalue weighted by Gasteiger charge is -2.18. The van der Waals surface area contributed by atoms with Gasteiger partial charge in [-0.3, -0.25) is 4.99 Å². The van der Waals surface area contributed by atoms with Gasteiger partial charge in [0.05, 0.1) is 16.7 Å². The van der Waals surface area contributed by atoms with Crippen LogP contribution < -0.4 is 0 Å². The summed E-state index contributed by atoms with van der Waals surface area (Å²) in [5, 5.41) is 0.671. The highest BCUT2D eigenvalue weighted by atomic mass is 32.2. The summed E-state index contributed by atoms with van der Waals surface area (Å²) in [7, 11) is -3.60. The largest absolute Gasteiger partial charge is 0.265 e. The van der Waals surface area contributed by atoms with Crippen LogP contribution >= 0.6 is 11.8 Å². The molecule has 1 aliphatic rings. The number of thioether (sulfide) groups is 1. The van der Waals surface area contributed by atoms with Crippen molar-refractivity contribution < 1.29 is 8.42 Å². The van der Waals surface area contributed by atoms with Gasteiger partial charge in [0.15, 0.2) is 5.17 Å². The summed E-state index contributed by atoms with van der Waals surface area (Å²) < 4.78 is 27.9. The number of benzene rings is 2. The molecule has 0 amide bonds. The Labute approximate surface area is 160 Å². The highest BCUT2D eigenvalue weighted by Gasteiger charge is 2.38. The number of sulfonamides is 1. The van der Waals surface area contributed by atoms with Crippen molar-refractivity contribution in [1.29, 1.82) is 0 Å². The highest BCUT2D eigenvalue weighted by Crippen LogP contribution is 2.40. The maximum atomic E-state index is 13.2. The molecule has 4 nitrogen and oxygen atoms in total. The van der Waals surface area contributed by atoms with Crippen LogP contribution in [0.1, 0.15) is 36.1 Å². The molecular weight excluding hydrogens is 364 g/mol. The number of aryl methyl sites for hydroxylation is 1. The normalized spacial score (nSPS) is 19.2. The fourth-order valence-corrected chi connectivity index (χ4v) is 5.77. The smallest absolute Gasteiger partial charge is 0.262 e. The van der Waals surface area contributed by atoms with Crippen molar-refractivity contribution in [2.75, 3.05) is 13.1 Å². The summed E-state index contributed by atoms with van der Waals surface area (Å²) in [6, 6.07) is 17.1. The Kier molecular flexibility index (Phi) is 6.04. The van der Waals surface area contributed by atoms with Gasteiger partial charge in [0.25, 0.3) is 10.0 Å². The zero-order valence-electron chi connectivity index (χ0n) is 15.1. The van der Waals surface area contributed by atoms with E-state index in [2.05, 4.69) is 11.9 Å². The molecule has 0 spiro atoms. The maximum Gasteiger partial charge on any atom is 0.265 e. The third-order valence-corrected chi connectivity index (χ3v) is 7.48. The van der Waals surface area contributed by atoms with Gasteiger partial charge in [0.1, 0.15) is 0 Å². The Balaban J connectivity index is 1.93. The van der Waals surface area contributed by atoms with Gasteiger partial charge in [-0.2, -0.15) is 0 Å². The first-order chi connectivity index (χ1) is 12.5. The lowest BCUT2D eigenvalue weighted by Crippen LogP contribution is -2.32. The number of hydrogen-bond donors (Lipinski definition) is 0. The SMILES string of the molecule is CCCCN=C1S[C@H](c2ccccc2)CN1S(=O)(=O)c1ccc(C)cc1. The molecule has 0 aliphatic carbocycles. The molecular formula is C20H24N2O2S2. The van der Waals surface area contributed by atoms with Gasteiger partial charge in [-0.05, 0) is 31.0 Å². The third kappa shape index (κ3) is 4.13. The molecule has 26 heavy (non-hydrogen) atoms. The van der Waals surface area contributed by atoms with Gasteiger partial charge in [-0.1, -0.05) is 73.1 Å². The maximum absolute atomic E-state index is 13.2. The molecule has 1 saturated heterocycles. The van der Waals surface area contributed by atoms with Crippen LogP contribution in [0.3, 0.4) is 0 Å². The third-order valence-electron chi connectivity index (χ3n) is 4.33. The molecule has 1 heterocycles. The number of rotatable bonds is 6. The van der Waals surface area contributed by atoms with Crippen LogP contribution in [-0.2, 0) is 10.0 Å². The second kappa shape index (κ2) is 8.27. The van der Waals surface area contributed by atoms with Crippen molar-refractivity contribution in [3.05, 3.63) is 65.7 Å². The van der Waals surface area contributed by atoms with Gasteiger partial charge in [-0.15, -0.1) is 0 Å². The molecule has 0 N–H and O–H groups in total. The quantitative estimate of drug-likeness (QED) is 0.678. The molecule has 1 aliphatic heterocycles. The lowest BCUT2D eigenvalue weighted by atomic mass is 10.1. The van der Waals surface area contributed by atoms with Crippen LogP contribution in [0.15, 0.2) is 64.5 Å². The van der Waals surface area contributed by atoms with Crippen LogP contribution in [0.4, 0.5) is 0 Å². The second-order valence-corrected chi connectivity index (χ2v) is 9.42. The topological polar surface area (TPSA) is 49.7 Å². The average molecular weight is 389 g/mol. The fraction of sp³-hybridized carbons (Fsp3) is 0.350. The van der Waals surface area contributed by atoms with Crippen molar-refractivity contribution >= 4 is 27.0 Å². The minimum absolute atomic E-state index is 0.0665. The molecule has 6 heteroatoms. The molecule has 2 aromatic rings. The van der Waals surface area contributed by atoms with Crippen LogP contribution in [0.5, 0.6) is 0 Å². The van der Waals surface area contributed by atoms with E-state index >= 15 is 0 Å². The summed E-state index contributed by atoms with van der Waals surface area (Å²) in [6.07, 6.45) is 1.99. The standard InChI is InChI=1S/C20H24N2O2S2/c1-3-4-14-21-20-22(15-19(25-20)17-8-6-5-7-9-17)26(23,24)18-12-10-16(2)11-13-18/h5-13,19H,3-4,14-15H2,1-2H3/t19-/m0/s1. The summed E-state index contributed by atoms with van der Waals surface area (Å²) >= 11 is 1.54. The minimum Gasteiger partial charge on any atom is -0.262 e. The monoisotopic (exact) mass is 388 g/mol. The molecule has 2 aromatic carbocycles. The van der Waals surface area contributed by atoms with Crippen molar-refractivity contribution in [3.63, 3.8) is 0 Å². The van der Waals surface area contributed by atoms with Crippen molar-refractivity contribution in [1.82, 2.24) is 4.31 Å². The predicted octanol–water partition coefficient (Wildman–Crippen LogP) is 4.63. The zero-order chi connectivity index (χ0) is 18.6. The highest BCUT2D eigenvalue weighted by molar-refractivity contribution is 8.15. The Bertz CT molecular complexity index is 862. The molecule has 3 rings (SSSR count). The molecule has 0 unspecified atom stereocenters. The zero-order valence-corrected chi connectivity index (χ0v) is 16.8. The summed E-state index contributed by atoms with van der Waals surface area (Å²) in [6.45, 7) is 5.12. The minimum atomic E-state index is -3.60. The van der Waals surface area contributed by atoms with Crippen molar-refractivity contribution in [2.45, 2.75) is 36.8 Å². The number of unbranched alkanes of at least 4 members (excludes halogenated alkanes) is 1. The first-order valence-electron chi connectivity index (χ1n) is 8.88. The molecule has 0 saturated carbocycles. The van der Waals surface area contributed by atoms with Gasteiger partial charge in [0.2, 0.25) is 0 Å². The van der Waals surface area contributed by atoms with E-state index in [1.807, 2.05) is 49.4 Å². The average Bonchev–Trinajstić information content (AvgIpc) is 3.08. The Hall–Kier alpha value is -1.79. The molecule has 138 valence electrons. The Morgan fingerprint density at radius 1 is 1.12 bits per heavy atom. The van der Waals surface area contributed by atoms with E-state index in [9.17, 15) is 8.42 Å². The van der Waals surface area contributed by atoms with Crippen molar-refractivity contribution in [2.24, 2.45) is 4.99 Å². The van der Waals surface area contributed by atoms with E-state index in [4.69, 9.17) is 0 Å². The molecule has 0 radical (unpaired) electrons. The van der Waals surface area contributed by atoms with Gasteiger partial charge in [-0.25, -0.2) is 12.7 Å². The van der Waals surface area contributed by atoms with Gasteiger partial charge < -0.3 is 0 Å². The first-order valence-corrected chi connectivity index (χ1v) is 11.2. The van der Waals surface area contributed by atoms with Gasteiger partial charge in [0, 0.05) is 6.54 Å². The Morgan fingerprint density at radius 2 is 1.81 bits per heavy atom. The van der Waals surface area contributed by atoms with Crippen LogP contribution in [0.2, 0.25) is 0 Å². The molecule has 1 atom stereocenters. The number of amidine groups is 1. The summed E-state index contributed by atoms with van der Waals surface area (Å²) in [4.78, 5) is 4.93. The second-order valence-electron chi connectivity index (χ2n) is 6.38. The van der Waals surface area contributed by atoms with E-state index < -0.39 is 10.0 Å². The molecule has 0 aromatic heterocycles. The summed E-state index contributed by atoms with van der Waals surface area (Å²) in [5.74, 6) is 0. The van der Waals surface area contributed by atoms with Gasteiger partial charge >= 0.3 is 0 Å². The Morgan fingerprint density at radius 3 is 2.46 bits per heavy atom. The first kappa shape index (κ1) is 19.0. The number of nitrogens with zero attached hydrogens (tertiary/aromatic N) is 2. The number of aliphatic imine (C=N–C) groups is 1. The van der Waals surface area contributed by atoms with E-state index in [0.29, 0.717) is 23.2 Å². The van der Waals surface area contributed by atoms with E-state index in [0.717, 1.165) is 24.0 Å². The van der Waals surface area contributed by atoms with Crippen LogP contribution in [0, 0.1) is 6.92 Å². The van der Waals surface area contributed by atoms with Crippen LogP contribution in [0.25, 0.3) is 0 Å². The van der Waals surface area contributed by atoms with Crippen LogP contribution in [-0.4, -0.2) is 31.0 Å². The summed E-state index contributed by atoms with van der Waals surface area (Å²) in [5.41, 5.74) is 2.17. The van der Waals surface area contributed by atoms with E-state index in [-0.39, 0.29) is 5.25 Å². The van der Waals surface area contributed by atoms with E-state index in [1.165, 1.54) is 4.31 Å². The molecule has 1 fully saturated rings. The lowest BCUT2D eigenvalue weighted by molar-refractivity contribution is 0.528. The fourth-order valence-electron chi connectivity index (χ4n) is 2.78. The predicted molar refractivity (Wildman–Crippen MR) is 109 cm³/mol.